The van der Waals surface area contributed by atoms with Gasteiger partial charge in [0.2, 0.25) is 5.75 Å². The lowest BCUT2D eigenvalue weighted by Gasteiger charge is -2.12. The van der Waals surface area contributed by atoms with Gasteiger partial charge in [0.1, 0.15) is 11.5 Å². The first-order valence-electron chi connectivity index (χ1n) is 6.88. The third-order valence-corrected chi connectivity index (χ3v) is 3.21. The van der Waals surface area contributed by atoms with Crippen molar-refractivity contribution < 1.29 is 27.6 Å². The summed E-state index contributed by atoms with van der Waals surface area (Å²) in [7, 11) is 0. The number of hydrogen-bond donors (Lipinski definition) is 2. The number of benzene rings is 2. The lowest BCUT2D eigenvalue weighted by atomic mass is 10.2. The van der Waals surface area contributed by atoms with Crippen LogP contribution < -0.4 is 9.47 Å². The molecule has 0 aliphatic heterocycles. The van der Waals surface area contributed by atoms with Gasteiger partial charge >= 0.3 is 11.9 Å². The zero-order valence-electron chi connectivity index (χ0n) is 13.2. The number of thiol groups is 2. The van der Waals surface area contributed by atoms with E-state index in [1.54, 1.807) is 6.92 Å². The van der Waals surface area contributed by atoms with E-state index in [4.69, 9.17) is 21.1 Å². The molecular weight excluding hydrogens is 415 g/mol. The molecule has 0 spiro atoms. The molecule has 0 aliphatic carbocycles. The third-order valence-electron chi connectivity index (χ3n) is 2.91. The molecule has 0 saturated carbocycles. The van der Waals surface area contributed by atoms with Crippen LogP contribution in [0.3, 0.4) is 0 Å². The monoisotopic (exact) mass is 427 g/mol. The average Bonchev–Trinajstić information content (AvgIpc) is 2.58. The van der Waals surface area contributed by atoms with Gasteiger partial charge in [-0.2, -0.15) is 13.2 Å². The topological polar surface area (TPSA) is 61.6 Å². The number of ether oxygens (including phenoxy) is 2. The second-order valence-electron chi connectivity index (χ2n) is 4.56. The van der Waals surface area contributed by atoms with E-state index in [0.717, 1.165) is 18.2 Å². The van der Waals surface area contributed by atoms with Crippen LogP contribution >= 0.6 is 34.9 Å². The molecule has 0 heterocycles. The van der Waals surface area contributed by atoms with Crippen LogP contribution in [0.4, 0.5) is 18.9 Å². The van der Waals surface area contributed by atoms with Crippen LogP contribution in [0.1, 0.15) is 12.5 Å². The second-order valence-corrected chi connectivity index (χ2v) is 4.97. The SMILES string of the molecule is CCOc1cc(Oc2ccc(C(F)(F)F)cc2Cl)ccc1[N+](=O)[O-].SS. The first-order valence-corrected chi connectivity index (χ1v) is 8.86. The Balaban J connectivity index is 0.00000163. The van der Waals surface area contributed by atoms with Crippen molar-refractivity contribution in [1.29, 1.82) is 0 Å². The fourth-order valence-electron chi connectivity index (χ4n) is 1.87. The fraction of sp³-hybridized carbons (Fsp3) is 0.200. The van der Waals surface area contributed by atoms with E-state index in [1.807, 2.05) is 0 Å². The van der Waals surface area contributed by atoms with Crippen molar-refractivity contribution in [1.82, 2.24) is 0 Å². The fourth-order valence-corrected chi connectivity index (χ4v) is 2.09. The molecule has 0 unspecified atom stereocenters. The zero-order chi connectivity index (χ0) is 19.9. The van der Waals surface area contributed by atoms with Gasteiger partial charge in [0, 0.05) is 12.1 Å². The van der Waals surface area contributed by atoms with Gasteiger partial charge < -0.3 is 9.47 Å². The summed E-state index contributed by atoms with van der Waals surface area (Å²) >= 11 is 12.2. The predicted molar refractivity (Wildman–Crippen MR) is 98.8 cm³/mol. The Bertz CT molecular complexity index is 775. The Morgan fingerprint density at radius 3 is 2.31 bits per heavy atom. The van der Waals surface area contributed by atoms with Crippen LogP contribution in [0.15, 0.2) is 36.4 Å². The van der Waals surface area contributed by atoms with Gasteiger partial charge in [-0.3, -0.25) is 10.1 Å². The second kappa shape index (κ2) is 9.79. The normalized spacial score (nSPS) is 10.6. The molecule has 0 bridgehead atoms. The minimum absolute atomic E-state index is 0.0111. The minimum Gasteiger partial charge on any atom is -0.487 e. The predicted octanol–water partition coefficient (Wildman–Crippen LogP) is 6.22. The first-order chi connectivity index (χ1) is 12.2. The lowest BCUT2D eigenvalue weighted by molar-refractivity contribution is -0.385. The Morgan fingerprint density at radius 1 is 1.15 bits per heavy atom. The number of nitro benzene ring substituents is 1. The van der Waals surface area contributed by atoms with Gasteiger partial charge in [0.15, 0.2) is 0 Å². The number of nitrogens with zero attached hydrogens (tertiary/aromatic N) is 1. The van der Waals surface area contributed by atoms with Crippen molar-refractivity contribution in [2.45, 2.75) is 13.1 Å². The van der Waals surface area contributed by atoms with Crippen LogP contribution in [0.2, 0.25) is 5.02 Å². The molecular formula is C15H13ClF3NO4S2. The summed E-state index contributed by atoms with van der Waals surface area (Å²) in [6.45, 7) is 1.86. The maximum Gasteiger partial charge on any atom is 0.416 e. The van der Waals surface area contributed by atoms with Gasteiger partial charge in [-0.05, 0) is 31.2 Å². The molecule has 142 valence electrons. The minimum atomic E-state index is -4.52. The Hall–Kier alpha value is -1.78. The molecule has 0 fully saturated rings. The number of rotatable bonds is 5. The van der Waals surface area contributed by atoms with Crippen molar-refractivity contribution in [2.75, 3.05) is 6.61 Å². The van der Waals surface area contributed by atoms with Crippen LogP contribution in [-0.2, 0) is 6.18 Å². The summed E-state index contributed by atoms with van der Waals surface area (Å²) < 4.78 is 48.4. The third kappa shape index (κ3) is 5.89. The zero-order valence-corrected chi connectivity index (χ0v) is 15.7. The van der Waals surface area contributed by atoms with Gasteiger partial charge in [-0.15, -0.1) is 23.3 Å². The lowest BCUT2D eigenvalue weighted by Crippen LogP contribution is -2.04. The first kappa shape index (κ1) is 22.3. The van der Waals surface area contributed by atoms with Crippen molar-refractivity contribution in [3.05, 3.63) is 57.1 Å². The summed E-state index contributed by atoms with van der Waals surface area (Å²) in [4.78, 5) is 10.3. The van der Waals surface area contributed by atoms with E-state index >= 15 is 0 Å². The van der Waals surface area contributed by atoms with Crippen LogP contribution in [-0.4, -0.2) is 11.5 Å². The number of nitro groups is 1. The van der Waals surface area contributed by atoms with Gasteiger partial charge in [0.25, 0.3) is 0 Å². The summed E-state index contributed by atoms with van der Waals surface area (Å²) in [5, 5.41) is 10.7. The van der Waals surface area contributed by atoms with Crippen molar-refractivity contribution in [3.8, 4) is 17.2 Å². The molecule has 26 heavy (non-hydrogen) atoms. The Morgan fingerprint density at radius 2 is 1.81 bits per heavy atom. The van der Waals surface area contributed by atoms with E-state index < -0.39 is 16.7 Å². The molecule has 2 aromatic carbocycles. The van der Waals surface area contributed by atoms with Crippen LogP contribution in [0, 0.1) is 10.1 Å². The number of alkyl halides is 3. The summed E-state index contributed by atoms with van der Waals surface area (Å²) in [6.07, 6.45) is -4.52. The molecule has 11 heteroatoms. The molecule has 0 radical (unpaired) electrons. The van der Waals surface area contributed by atoms with Crippen molar-refractivity contribution in [2.24, 2.45) is 0 Å². The van der Waals surface area contributed by atoms with E-state index in [0.29, 0.717) is 0 Å². The van der Waals surface area contributed by atoms with Crippen molar-refractivity contribution >= 4 is 40.6 Å². The van der Waals surface area contributed by atoms with Crippen molar-refractivity contribution in [3.63, 3.8) is 0 Å². The average molecular weight is 428 g/mol. The van der Waals surface area contributed by atoms with E-state index in [2.05, 4.69) is 23.3 Å². The molecule has 2 rings (SSSR count). The summed E-state index contributed by atoms with van der Waals surface area (Å²) in [5.41, 5.74) is -1.15. The molecule has 0 atom stereocenters. The largest absolute Gasteiger partial charge is 0.487 e. The molecule has 0 saturated heterocycles. The van der Waals surface area contributed by atoms with E-state index in [1.165, 1.54) is 18.2 Å². The molecule has 0 aromatic heterocycles. The highest BCUT2D eigenvalue weighted by Crippen LogP contribution is 2.38. The smallest absolute Gasteiger partial charge is 0.416 e. The molecule has 0 amide bonds. The van der Waals surface area contributed by atoms with E-state index in [-0.39, 0.29) is 34.6 Å². The summed E-state index contributed by atoms with van der Waals surface area (Å²) in [5.74, 6) is 0.120. The standard InChI is InChI=1S/C15H11ClF3NO4.H2S2/c1-2-23-14-8-10(4-5-12(14)20(21)22)24-13-6-3-9(7-11(13)16)15(17,18)19;1-2/h3-8H,2H2,1H3;1-2H. The number of hydrogen-bond acceptors (Lipinski definition) is 6. The maximum absolute atomic E-state index is 12.6. The van der Waals surface area contributed by atoms with Gasteiger partial charge in [0.05, 0.1) is 22.1 Å². The maximum atomic E-state index is 12.6. The van der Waals surface area contributed by atoms with Crippen LogP contribution in [0.25, 0.3) is 0 Å². The molecule has 0 aliphatic rings. The Kier molecular flexibility index (Phi) is 8.38. The van der Waals surface area contributed by atoms with Gasteiger partial charge in [-0.1, -0.05) is 11.6 Å². The number of halogens is 4. The quantitative estimate of drug-likeness (QED) is 0.257. The highest BCUT2D eigenvalue weighted by molar-refractivity contribution is 8.59. The highest BCUT2D eigenvalue weighted by Gasteiger charge is 2.31. The molecule has 2 aromatic rings. The summed E-state index contributed by atoms with van der Waals surface area (Å²) in [6, 6.07) is 6.40. The highest BCUT2D eigenvalue weighted by atomic mass is 35.5. The Labute approximate surface area is 162 Å². The molecule has 5 nitrogen and oxygen atoms in total. The van der Waals surface area contributed by atoms with E-state index in [9.17, 15) is 23.3 Å². The van der Waals surface area contributed by atoms with Gasteiger partial charge in [-0.25, -0.2) is 0 Å². The molecule has 0 N–H and O–H groups in total. The van der Waals surface area contributed by atoms with Crippen LogP contribution in [0.5, 0.6) is 17.2 Å².